The number of hydrogen-bond donors (Lipinski definition) is 1. The van der Waals surface area contributed by atoms with Gasteiger partial charge >= 0.3 is 0 Å². The second kappa shape index (κ2) is 7.75. The van der Waals surface area contributed by atoms with Gasteiger partial charge in [-0.05, 0) is 43.6 Å². The molecule has 2 heterocycles. The van der Waals surface area contributed by atoms with Crippen molar-refractivity contribution in [2.45, 2.75) is 64.3 Å². The number of carbonyl (C=O) groups excluding carboxylic acids is 1. The van der Waals surface area contributed by atoms with Crippen LogP contribution < -0.4 is 10.2 Å². The smallest absolute Gasteiger partial charge is 0.225 e. The molecular weight excluding hydrogens is 288 g/mol. The second-order valence-corrected chi connectivity index (χ2v) is 6.93. The lowest BCUT2D eigenvalue weighted by Crippen LogP contribution is -2.38. The van der Waals surface area contributed by atoms with E-state index in [9.17, 15) is 4.79 Å². The summed E-state index contributed by atoms with van der Waals surface area (Å²) in [5.74, 6) is 1.58. The topological polar surface area (TPSA) is 58.1 Å². The van der Waals surface area contributed by atoms with Crippen molar-refractivity contribution in [2.75, 3.05) is 18.0 Å². The normalized spacial score (nSPS) is 20.0. The van der Waals surface area contributed by atoms with Gasteiger partial charge in [-0.15, -0.1) is 0 Å². The number of nitrogens with one attached hydrogen (secondary N) is 1. The lowest BCUT2D eigenvalue weighted by Gasteiger charge is -2.31. The van der Waals surface area contributed by atoms with Gasteiger partial charge in [0.25, 0.3) is 0 Å². The second-order valence-electron chi connectivity index (χ2n) is 6.93. The Balaban J connectivity index is 1.43. The zero-order valence-electron chi connectivity index (χ0n) is 14.1. The van der Waals surface area contributed by atoms with Crippen molar-refractivity contribution in [2.24, 2.45) is 5.92 Å². The molecule has 0 radical (unpaired) electrons. The molecule has 23 heavy (non-hydrogen) atoms. The molecule has 2 fully saturated rings. The van der Waals surface area contributed by atoms with E-state index < -0.39 is 0 Å². The van der Waals surface area contributed by atoms with Crippen LogP contribution in [0.2, 0.25) is 0 Å². The van der Waals surface area contributed by atoms with E-state index in [1.165, 1.54) is 18.4 Å². The molecule has 1 N–H and O–H groups in total. The van der Waals surface area contributed by atoms with E-state index >= 15 is 0 Å². The zero-order valence-corrected chi connectivity index (χ0v) is 14.1. The Kier molecular flexibility index (Phi) is 5.47. The molecule has 0 bridgehead atoms. The van der Waals surface area contributed by atoms with Crippen LogP contribution in [-0.4, -0.2) is 35.0 Å². The van der Waals surface area contributed by atoms with Crippen molar-refractivity contribution in [1.82, 2.24) is 15.3 Å². The molecule has 1 saturated heterocycles. The molecule has 5 heteroatoms. The minimum atomic E-state index is 0.249. The van der Waals surface area contributed by atoms with Crippen molar-refractivity contribution in [3.05, 3.63) is 18.0 Å². The predicted octanol–water partition coefficient (Wildman–Crippen LogP) is 2.70. The highest BCUT2D eigenvalue weighted by atomic mass is 16.1. The van der Waals surface area contributed by atoms with Gasteiger partial charge in [-0.3, -0.25) is 4.79 Å². The molecule has 5 nitrogen and oxygen atoms in total. The van der Waals surface area contributed by atoms with Gasteiger partial charge in [0.2, 0.25) is 11.9 Å². The van der Waals surface area contributed by atoms with Crippen molar-refractivity contribution < 1.29 is 4.79 Å². The van der Waals surface area contributed by atoms with E-state index in [2.05, 4.69) is 27.1 Å². The van der Waals surface area contributed by atoms with E-state index in [0.717, 1.165) is 51.1 Å². The monoisotopic (exact) mass is 316 g/mol. The standard InChI is InChI=1S/C18H28N4O/c1-2-14-12-19-18(20-13-14)22-9-7-15(8-10-22)11-17(23)21-16-5-3-4-6-16/h12-13,15-16H,2-11H2,1H3,(H,21,23). The zero-order chi connectivity index (χ0) is 16.1. The van der Waals surface area contributed by atoms with Crippen molar-refractivity contribution >= 4 is 11.9 Å². The summed E-state index contributed by atoms with van der Waals surface area (Å²) in [6.07, 6.45) is 12.4. The van der Waals surface area contributed by atoms with Crippen LogP contribution in [0.25, 0.3) is 0 Å². The van der Waals surface area contributed by atoms with Gasteiger partial charge in [0.05, 0.1) is 0 Å². The first kappa shape index (κ1) is 16.2. The van der Waals surface area contributed by atoms with E-state index in [-0.39, 0.29) is 5.91 Å². The SMILES string of the molecule is CCc1cnc(N2CCC(CC(=O)NC3CCCC3)CC2)nc1. The fourth-order valence-electron chi connectivity index (χ4n) is 3.65. The average molecular weight is 316 g/mol. The molecule has 0 atom stereocenters. The number of hydrogen-bond acceptors (Lipinski definition) is 4. The van der Waals surface area contributed by atoms with Gasteiger partial charge in [-0.1, -0.05) is 19.8 Å². The molecule has 1 aliphatic heterocycles. The summed E-state index contributed by atoms with van der Waals surface area (Å²) in [4.78, 5) is 23.3. The van der Waals surface area contributed by atoms with Gasteiger partial charge < -0.3 is 10.2 Å². The molecule has 126 valence electrons. The summed E-state index contributed by atoms with van der Waals surface area (Å²) in [5, 5.41) is 3.20. The van der Waals surface area contributed by atoms with E-state index in [1.807, 2.05) is 12.4 Å². The molecule has 1 aromatic heterocycles. The van der Waals surface area contributed by atoms with Gasteiger partial charge in [-0.25, -0.2) is 9.97 Å². The Morgan fingerprint density at radius 1 is 1.17 bits per heavy atom. The number of aryl methyl sites for hydroxylation is 1. The van der Waals surface area contributed by atoms with E-state index in [0.29, 0.717) is 18.4 Å². The third-order valence-corrected chi connectivity index (χ3v) is 5.19. The number of amides is 1. The minimum absolute atomic E-state index is 0.249. The Hall–Kier alpha value is -1.65. The number of rotatable bonds is 5. The molecule has 1 aliphatic carbocycles. The molecule has 1 amide bonds. The van der Waals surface area contributed by atoms with Crippen molar-refractivity contribution in [1.29, 1.82) is 0 Å². The summed E-state index contributed by atoms with van der Waals surface area (Å²) < 4.78 is 0. The van der Waals surface area contributed by atoms with Crippen LogP contribution in [0, 0.1) is 5.92 Å². The fraction of sp³-hybridized carbons (Fsp3) is 0.722. The Morgan fingerprint density at radius 3 is 2.43 bits per heavy atom. The van der Waals surface area contributed by atoms with E-state index in [1.54, 1.807) is 0 Å². The maximum Gasteiger partial charge on any atom is 0.225 e. The van der Waals surface area contributed by atoms with Gasteiger partial charge in [-0.2, -0.15) is 0 Å². The Bertz CT molecular complexity index is 502. The van der Waals surface area contributed by atoms with Crippen LogP contribution in [0.3, 0.4) is 0 Å². The first-order valence-electron chi connectivity index (χ1n) is 9.10. The van der Waals surface area contributed by atoms with Crippen molar-refractivity contribution in [3.63, 3.8) is 0 Å². The highest BCUT2D eigenvalue weighted by Crippen LogP contribution is 2.24. The minimum Gasteiger partial charge on any atom is -0.353 e. The molecule has 1 aromatic rings. The molecular formula is C18H28N4O. The first-order chi connectivity index (χ1) is 11.2. The molecule has 1 saturated carbocycles. The lowest BCUT2D eigenvalue weighted by molar-refractivity contribution is -0.122. The van der Waals surface area contributed by atoms with Gasteiger partial charge in [0, 0.05) is 37.9 Å². The molecule has 0 unspecified atom stereocenters. The summed E-state index contributed by atoms with van der Waals surface area (Å²) in [5.41, 5.74) is 1.17. The van der Waals surface area contributed by atoms with Crippen LogP contribution in [-0.2, 0) is 11.2 Å². The third kappa shape index (κ3) is 4.43. The summed E-state index contributed by atoms with van der Waals surface area (Å²) >= 11 is 0. The maximum atomic E-state index is 12.1. The molecule has 3 rings (SSSR count). The predicted molar refractivity (Wildman–Crippen MR) is 91.4 cm³/mol. The number of piperidine rings is 1. The van der Waals surface area contributed by atoms with Crippen LogP contribution in [0.1, 0.15) is 57.4 Å². The van der Waals surface area contributed by atoms with Gasteiger partial charge in [0.1, 0.15) is 0 Å². The molecule has 2 aliphatic rings. The number of nitrogens with zero attached hydrogens (tertiary/aromatic N) is 3. The highest BCUT2D eigenvalue weighted by Gasteiger charge is 2.24. The number of carbonyl (C=O) groups is 1. The number of anilines is 1. The quantitative estimate of drug-likeness (QED) is 0.907. The summed E-state index contributed by atoms with van der Waals surface area (Å²) in [6, 6.07) is 0.438. The summed E-state index contributed by atoms with van der Waals surface area (Å²) in [6.45, 7) is 4.01. The van der Waals surface area contributed by atoms with Crippen LogP contribution in [0.15, 0.2) is 12.4 Å². The molecule has 0 spiro atoms. The third-order valence-electron chi connectivity index (χ3n) is 5.19. The Labute approximate surface area is 138 Å². The number of aromatic nitrogens is 2. The van der Waals surface area contributed by atoms with Crippen LogP contribution in [0.4, 0.5) is 5.95 Å². The van der Waals surface area contributed by atoms with Crippen LogP contribution >= 0.6 is 0 Å². The molecule has 0 aromatic carbocycles. The largest absolute Gasteiger partial charge is 0.353 e. The maximum absolute atomic E-state index is 12.1. The van der Waals surface area contributed by atoms with E-state index in [4.69, 9.17) is 0 Å². The fourth-order valence-corrected chi connectivity index (χ4v) is 3.65. The highest BCUT2D eigenvalue weighted by molar-refractivity contribution is 5.76. The Morgan fingerprint density at radius 2 is 1.83 bits per heavy atom. The van der Waals surface area contributed by atoms with Crippen LogP contribution in [0.5, 0.6) is 0 Å². The van der Waals surface area contributed by atoms with Gasteiger partial charge in [0.15, 0.2) is 0 Å². The first-order valence-corrected chi connectivity index (χ1v) is 9.10. The lowest BCUT2D eigenvalue weighted by atomic mass is 9.93. The van der Waals surface area contributed by atoms with Crippen molar-refractivity contribution in [3.8, 4) is 0 Å². The summed E-state index contributed by atoms with van der Waals surface area (Å²) in [7, 11) is 0. The average Bonchev–Trinajstić information content (AvgIpc) is 3.08.